The molecule has 0 radical (unpaired) electrons. The van der Waals surface area contributed by atoms with E-state index in [0.717, 1.165) is 32.7 Å². The fourth-order valence-corrected chi connectivity index (χ4v) is 2.94. The van der Waals surface area contributed by atoms with Crippen LogP contribution in [0.3, 0.4) is 0 Å². The number of rotatable bonds is 2. The van der Waals surface area contributed by atoms with E-state index in [-0.39, 0.29) is 12.1 Å². The molecular formula is C13H25N3O2. The Kier molecular flexibility index (Phi) is 4.12. The molecule has 2 rings (SSSR count). The summed E-state index contributed by atoms with van der Waals surface area (Å²) in [6.07, 6.45) is 1.34. The highest BCUT2D eigenvalue weighted by Crippen LogP contribution is 2.25. The number of carbonyl (C=O) groups is 1. The topological polar surface area (TPSA) is 36.0 Å². The van der Waals surface area contributed by atoms with Gasteiger partial charge in [-0.15, -0.1) is 0 Å². The smallest absolute Gasteiger partial charge is 0.319 e. The summed E-state index contributed by atoms with van der Waals surface area (Å²) in [4.78, 5) is 18.1. The van der Waals surface area contributed by atoms with E-state index in [4.69, 9.17) is 4.74 Å². The van der Waals surface area contributed by atoms with Gasteiger partial charge in [0.25, 0.3) is 0 Å². The van der Waals surface area contributed by atoms with Crippen LogP contribution in [0.5, 0.6) is 0 Å². The van der Waals surface area contributed by atoms with Gasteiger partial charge >= 0.3 is 6.03 Å². The number of fused-ring (bicyclic) bond motifs is 1. The van der Waals surface area contributed by atoms with Crippen LogP contribution in [0.1, 0.15) is 20.3 Å². The highest BCUT2D eigenvalue weighted by atomic mass is 16.5. The van der Waals surface area contributed by atoms with Gasteiger partial charge in [-0.3, -0.25) is 4.90 Å². The number of likely N-dealkylation sites (tertiary alicyclic amines) is 1. The van der Waals surface area contributed by atoms with Crippen molar-refractivity contribution in [1.29, 1.82) is 0 Å². The maximum absolute atomic E-state index is 12.0. The van der Waals surface area contributed by atoms with E-state index in [2.05, 4.69) is 18.7 Å². The molecular weight excluding hydrogens is 230 g/mol. The third-order valence-corrected chi connectivity index (χ3v) is 4.15. The quantitative estimate of drug-likeness (QED) is 0.734. The summed E-state index contributed by atoms with van der Waals surface area (Å²) in [6.45, 7) is 7.78. The van der Waals surface area contributed by atoms with Crippen LogP contribution in [0.4, 0.5) is 4.79 Å². The fraction of sp³-hybridized carbons (Fsp3) is 0.923. The summed E-state index contributed by atoms with van der Waals surface area (Å²) >= 11 is 0. The van der Waals surface area contributed by atoms with Gasteiger partial charge in [0.2, 0.25) is 0 Å². The van der Waals surface area contributed by atoms with Crippen LogP contribution in [0.2, 0.25) is 0 Å². The van der Waals surface area contributed by atoms with E-state index in [1.54, 1.807) is 19.0 Å². The Labute approximate surface area is 110 Å². The average molecular weight is 255 g/mol. The summed E-state index contributed by atoms with van der Waals surface area (Å²) in [6, 6.07) is 1.03. The Morgan fingerprint density at radius 1 is 1.44 bits per heavy atom. The highest BCUT2D eigenvalue weighted by Gasteiger charge is 2.43. The second kappa shape index (κ2) is 5.45. The van der Waals surface area contributed by atoms with Crippen molar-refractivity contribution >= 4 is 6.03 Å². The molecule has 0 saturated carbocycles. The molecule has 5 heteroatoms. The summed E-state index contributed by atoms with van der Waals surface area (Å²) in [5, 5.41) is 0. The van der Waals surface area contributed by atoms with Crippen LogP contribution < -0.4 is 0 Å². The molecule has 0 aromatic carbocycles. The normalized spacial score (nSPS) is 30.1. The standard InChI is InChI=1S/C13H25N3O2/c1-5-10(2)16-6-7-18-12-9-15(8-11(12)16)13(17)14(3)4/h10-12H,5-9H2,1-4H3. The maximum Gasteiger partial charge on any atom is 0.319 e. The lowest BCUT2D eigenvalue weighted by atomic mass is 10.1. The SMILES string of the molecule is CCC(C)N1CCOC2CN(C(=O)N(C)C)CC21. The first-order valence-electron chi connectivity index (χ1n) is 6.88. The molecule has 3 unspecified atom stereocenters. The lowest BCUT2D eigenvalue weighted by molar-refractivity contribution is -0.0612. The Morgan fingerprint density at radius 3 is 2.78 bits per heavy atom. The van der Waals surface area contributed by atoms with Crippen LogP contribution in [-0.2, 0) is 4.74 Å². The van der Waals surface area contributed by atoms with Gasteiger partial charge in [0.05, 0.1) is 25.3 Å². The minimum absolute atomic E-state index is 0.0945. The van der Waals surface area contributed by atoms with Crippen LogP contribution >= 0.6 is 0 Å². The Bertz CT molecular complexity index is 309. The zero-order valence-electron chi connectivity index (χ0n) is 11.9. The van der Waals surface area contributed by atoms with E-state index in [9.17, 15) is 4.79 Å². The van der Waals surface area contributed by atoms with E-state index in [1.165, 1.54) is 0 Å². The van der Waals surface area contributed by atoms with Crippen molar-refractivity contribution in [3.63, 3.8) is 0 Å². The van der Waals surface area contributed by atoms with Crippen molar-refractivity contribution in [2.45, 2.75) is 38.5 Å². The number of amides is 2. The second-order valence-electron chi connectivity index (χ2n) is 5.55. The number of morpholine rings is 1. The monoisotopic (exact) mass is 255 g/mol. The third kappa shape index (κ3) is 2.47. The molecule has 0 spiro atoms. The van der Waals surface area contributed by atoms with Crippen molar-refractivity contribution in [3.8, 4) is 0 Å². The van der Waals surface area contributed by atoms with Crippen LogP contribution in [-0.4, -0.2) is 79.3 Å². The minimum Gasteiger partial charge on any atom is -0.373 e. The van der Waals surface area contributed by atoms with Crippen molar-refractivity contribution < 1.29 is 9.53 Å². The first-order chi connectivity index (χ1) is 8.54. The van der Waals surface area contributed by atoms with Crippen LogP contribution in [0, 0.1) is 0 Å². The van der Waals surface area contributed by atoms with E-state index >= 15 is 0 Å². The summed E-state index contributed by atoms with van der Waals surface area (Å²) in [5.41, 5.74) is 0. The summed E-state index contributed by atoms with van der Waals surface area (Å²) in [5.74, 6) is 0. The van der Waals surface area contributed by atoms with Gasteiger partial charge < -0.3 is 14.5 Å². The zero-order valence-corrected chi connectivity index (χ0v) is 11.9. The molecule has 3 atom stereocenters. The van der Waals surface area contributed by atoms with E-state index in [0.29, 0.717) is 12.1 Å². The van der Waals surface area contributed by atoms with Gasteiger partial charge in [-0.25, -0.2) is 4.79 Å². The van der Waals surface area contributed by atoms with E-state index < -0.39 is 0 Å². The van der Waals surface area contributed by atoms with Gasteiger partial charge in [-0.2, -0.15) is 0 Å². The minimum atomic E-state index is 0.0945. The largest absolute Gasteiger partial charge is 0.373 e. The van der Waals surface area contributed by atoms with Crippen LogP contribution in [0.25, 0.3) is 0 Å². The highest BCUT2D eigenvalue weighted by molar-refractivity contribution is 5.74. The average Bonchev–Trinajstić information content (AvgIpc) is 2.80. The summed E-state index contributed by atoms with van der Waals surface area (Å²) < 4.78 is 5.83. The lowest BCUT2D eigenvalue weighted by Gasteiger charge is -2.40. The molecule has 0 aromatic heterocycles. The Hall–Kier alpha value is -0.810. The van der Waals surface area contributed by atoms with E-state index in [1.807, 2.05) is 4.90 Å². The number of hydrogen-bond donors (Lipinski definition) is 0. The molecule has 5 nitrogen and oxygen atoms in total. The molecule has 2 aliphatic heterocycles. The molecule has 2 heterocycles. The van der Waals surface area contributed by atoms with Gasteiger partial charge in [0.15, 0.2) is 0 Å². The van der Waals surface area contributed by atoms with Crippen molar-refractivity contribution in [2.24, 2.45) is 0 Å². The number of ether oxygens (including phenoxy) is 1. The molecule has 0 aliphatic carbocycles. The van der Waals surface area contributed by atoms with Gasteiger partial charge in [-0.1, -0.05) is 6.92 Å². The molecule has 0 aromatic rings. The van der Waals surface area contributed by atoms with Gasteiger partial charge in [0.1, 0.15) is 0 Å². The number of urea groups is 1. The molecule has 0 bridgehead atoms. The fourth-order valence-electron chi connectivity index (χ4n) is 2.94. The zero-order chi connectivity index (χ0) is 13.3. The number of nitrogens with zero attached hydrogens (tertiary/aromatic N) is 3. The van der Waals surface area contributed by atoms with Crippen LogP contribution in [0.15, 0.2) is 0 Å². The summed E-state index contributed by atoms with van der Waals surface area (Å²) in [7, 11) is 3.61. The third-order valence-electron chi connectivity index (χ3n) is 4.15. The number of hydrogen-bond acceptors (Lipinski definition) is 3. The van der Waals surface area contributed by atoms with Crippen molar-refractivity contribution in [3.05, 3.63) is 0 Å². The first kappa shape index (κ1) is 13.6. The maximum atomic E-state index is 12.0. The molecule has 0 N–H and O–H groups in total. The van der Waals surface area contributed by atoms with Crippen molar-refractivity contribution in [1.82, 2.24) is 14.7 Å². The predicted molar refractivity (Wildman–Crippen MR) is 70.6 cm³/mol. The molecule has 2 fully saturated rings. The Balaban J connectivity index is 2.04. The molecule has 18 heavy (non-hydrogen) atoms. The van der Waals surface area contributed by atoms with Crippen molar-refractivity contribution in [2.75, 3.05) is 40.3 Å². The molecule has 2 aliphatic rings. The number of carbonyl (C=O) groups excluding carboxylic acids is 1. The second-order valence-corrected chi connectivity index (χ2v) is 5.55. The Morgan fingerprint density at radius 2 is 2.17 bits per heavy atom. The van der Waals surface area contributed by atoms with Gasteiger partial charge in [0, 0.05) is 33.2 Å². The lowest BCUT2D eigenvalue weighted by Crippen LogP contribution is -2.54. The van der Waals surface area contributed by atoms with Gasteiger partial charge in [-0.05, 0) is 13.3 Å². The first-order valence-corrected chi connectivity index (χ1v) is 6.88. The molecule has 2 amide bonds. The molecule has 2 saturated heterocycles. The molecule has 104 valence electrons. The predicted octanol–water partition coefficient (Wildman–Crippen LogP) is 0.852.